The fraction of sp³-hybridized carbons (Fsp3) is 0.182. The maximum Gasteiger partial charge on any atom is 0.268 e. The summed E-state index contributed by atoms with van der Waals surface area (Å²) in [6.07, 6.45) is -2.86. The van der Waals surface area contributed by atoms with Gasteiger partial charge in [0.05, 0.1) is 5.52 Å². The number of halogens is 2. The number of rotatable bonds is 2. The van der Waals surface area contributed by atoms with Crippen LogP contribution in [-0.2, 0) is 0 Å². The number of pyridine rings is 1. The van der Waals surface area contributed by atoms with Gasteiger partial charge in [-0.3, -0.25) is 4.98 Å². The van der Waals surface area contributed by atoms with Crippen molar-refractivity contribution in [2.45, 2.75) is 12.5 Å². The normalized spacial score (nSPS) is 13.3. The number of alkyl halides is 2. The van der Waals surface area contributed by atoms with Crippen molar-refractivity contribution in [1.29, 1.82) is 0 Å². The first-order chi connectivity index (χ1) is 7.18. The second kappa shape index (κ2) is 3.90. The molecule has 0 saturated heterocycles. The van der Waals surface area contributed by atoms with E-state index in [1.165, 1.54) is 12.1 Å². The predicted octanol–water partition coefficient (Wildman–Crippen LogP) is 2.53. The van der Waals surface area contributed by atoms with Crippen LogP contribution >= 0.6 is 0 Å². The minimum Gasteiger partial charge on any atom is -0.382 e. The van der Waals surface area contributed by atoms with Crippen molar-refractivity contribution in [2.75, 3.05) is 0 Å². The second-order valence-corrected chi connectivity index (χ2v) is 3.23. The van der Waals surface area contributed by atoms with Gasteiger partial charge in [-0.05, 0) is 23.8 Å². The van der Waals surface area contributed by atoms with E-state index in [9.17, 15) is 13.9 Å². The summed E-state index contributed by atoms with van der Waals surface area (Å²) >= 11 is 0. The highest BCUT2D eigenvalue weighted by molar-refractivity contribution is 5.79. The van der Waals surface area contributed by atoms with E-state index < -0.39 is 12.5 Å². The molecule has 2 rings (SSSR count). The van der Waals surface area contributed by atoms with Crippen LogP contribution in [0.3, 0.4) is 0 Å². The summed E-state index contributed by atoms with van der Waals surface area (Å²) in [6, 6.07) is 8.10. The van der Waals surface area contributed by atoms with Crippen LogP contribution in [0.4, 0.5) is 8.78 Å². The molecule has 0 spiro atoms. The van der Waals surface area contributed by atoms with E-state index in [0.29, 0.717) is 0 Å². The zero-order chi connectivity index (χ0) is 10.8. The van der Waals surface area contributed by atoms with Gasteiger partial charge >= 0.3 is 0 Å². The van der Waals surface area contributed by atoms with Crippen LogP contribution in [0.1, 0.15) is 11.7 Å². The summed E-state index contributed by atoms with van der Waals surface area (Å²) in [6.45, 7) is 0. The zero-order valence-electron chi connectivity index (χ0n) is 7.77. The summed E-state index contributed by atoms with van der Waals surface area (Å²) in [4.78, 5) is 4.06. The lowest BCUT2D eigenvalue weighted by molar-refractivity contribution is -0.00570. The third-order valence-electron chi connectivity index (χ3n) is 2.21. The van der Waals surface area contributed by atoms with E-state index in [0.717, 1.165) is 10.9 Å². The lowest BCUT2D eigenvalue weighted by atomic mass is 10.1. The highest BCUT2D eigenvalue weighted by Gasteiger charge is 2.18. The Morgan fingerprint density at radius 2 is 2.00 bits per heavy atom. The summed E-state index contributed by atoms with van der Waals surface area (Å²) in [5, 5.41) is 9.93. The predicted molar refractivity (Wildman–Crippen MR) is 52.7 cm³/mol. The molecule has 0 radical (unpaired) electrons. The fourth-order valence-corrected chi connectivity index (χ4v) is 1.42. The number of nitrogens with zero attached hydrogens (tertiary/aromatic N) is 1. The Balaban J connectivity index is 2.47. The molecule has 1 aromatic carbocycles. The molecule has 0 aliphatic heterocycles. The summed E-state index contributed by atoms with van der Waals surface area (Å²) in [5.41, 5.74) is 0.938. The molecule has 0 amide bonds. The van der Waals surface area contributed by atoms with Gasteiger partial charge in [-0.2, -0.15) is 0 Å². The van der Waals surface area contributed by atoms with Crippen molar-refractivity contribution in [3.8, 4) is 0 Å². The van der Waals surface area contributed by atoms with Crippen molar-refractivity contribution in [1.82, 2.24) is 4.98 Å². The Bertz CT molecular complexity index is 473. The quantitative estimate of drug-likeness (QED) is 0.824. The third kappa shape index (κ3) is 1.94. The van der Waals surface area contributed by atoms with Crippen molar-refractivity contribution >= 4 is 10.9 Å². The molecule has 78 valence electrons. The molecule has 2 aromatic rings. The van der Waals surface area contributed by atoms with Crippen LogP contribution in [0.5, 0.6) is 0 Å². The van der Waals surface area contributed by atoms with Gasteiger partial charge in [0.2, 0.25) is 0 Å². The second-order valence-electron chi connectivity index (χ2n) is 3.23. The van der Waals surface area contributed by atoms with Gasteiger partial charge in [-0.15, -0.1) is 0 Å². The van der Waals surface area contributed by atoms with Gasteiger partial charge < -0.3 is 5.11 Å². The van der Waals surface area contributed by atoms with Crippen LogP contribution in [0.15, 0.2) is 36.5 Å². The number of aromatic nitrogens is 1. The standard InChI is InChI=1S/C11H9F2NO/c12-11(13)10(15)8-3-4-9-7(6-8)2-1-5-14-9/h1-6,10-11,15H. The molecule has 0 bridgehead atoms. The molecule has 1 aromatic heterocycles. The van der Waals surface area contributed by atoms with Gasteiger partial charge in [0.15, 0.2) is 0 Å². The van der Waals surface area contributed by atoms with Crippen LogP contribution in [-0.4, -0.2) is 16.5 Å². The van der Waals surface area contributed by atoms with Crippen LogP contribution in [0, 0.1) is 0 Å². The fourth-order valence-electron chi connectivity index (χ4n) is 1.42. The average Bonchev–Trinajstić information content (AvgIpc) is 2.27. The van der Waals surface area contributed by atoms with E-state index in [4.69, 9.17) is 0 Å². The molecule has 1 atom stereocenters. The first-order valence-corrected chi connectivity index (χ1v) is 4.49. The monoisotopic (exact) mass is 209 g/mol. The maximum atomic E-state index is 12.2. The molecular formula is C11H9F2NO. The molecular weight excluding hydrogens is 200 g/mol. The molecule has 0 aliphatic carbocycles. The molecule has 15 heavy (non-hydrogen) atoms. The van der Waals surface area contributed by atoms with E-state index in [1.54, 1.807) is 24.4 Å². The van der Waals surface area contributed by atoms with E-state index in [2.05, 4.69) is 4.98 Å². The first kappa shape index (κ1) is 9.98. The number of aliphatic hydroxyl groups is 1. The topological polar surface area (TPSA) is 33.1 Å². The highest BCUT2D eigenvalue weighted by atomic mass is 19.3. The van der Waals surface area contributed by atoms with Crippen molar-refractivity contribution in [2.24, 2.45) is 0 Å². The van der Waals surface area contributed by atoms with E-state index in [1.807, 2.05) is 0 Å². The summed E-state index contributed by atoms with van der Waals surface area (Å²) in [7, 11) is 0. The maximum absolute atomic E-state index is 12.2. The zero-order valence-corrected chi connectivity index (χ0v) is 7.77. The molecule has 4 heteroatoms. The molecule has 2 nitrogen and oxygen atoms in total. The Labute approximate surface area is 85.2 Å². The lowest BCUT2D eigenvalue weighted by Gasteiger charge is -2.09. The number of hydrogen-bond acceptors (Lipinski definition) is 2. The smallest absolute Gasteiger partial charge is 0.268 e. The van der Waals surface area contributed by atoms with Gasteiger partial charge in [0, 0.05) is 11.6 Å². The van der Waals surface area contributed by atoms with Gasteiger partial charge in [-0.1, -0.05) is 12.1 Å². The van der Waals surface area contributed by atoms with Crippen molar-refractivity contribution in [3.05, 3.63) is 42.1 Å². The van der Waals surface area contributed by atoms with E-state index in [-0.39, 0.29) is 5.56 Å². The lowest BCUT2D eigenvalue weighted by Crippen LogP contribution is -2.07. The van der Waals surface area contributed by atoms with Crippen LogP contribution < -0.4 is 0 Å². The molecule has 0 fully saturated rings. The number of fused-ring (bicyclic) bond motifs is 1. The minimum absolute atomic E-state index is 0.213. The third-order valence-corrected chi connectivity index (χ3v) is 2.21. The number of hydrogen-bond donors (Lipinski definition) is 1. The van der Waals surface area contributed by atoms with Crippen molar-refractivity contribution < 1.29 is 13.9 Å². The summed E-state index contributed by atoms with van der Waals surface area (Å²) < 4.78 is 24.5. The van der Waals surface area contributed by atoms with E-state index >= 15 is 0 Å². The summed E-state index contributed by atoms with van der Waals surface area (Å²) in [5.74, 6) is 0. The molecule has 1 N–H and O–H groups in total. The first-order valence-electron chi connectivity index (χ1n) is 4.49. The van der Waals surface area contributed by atoms with Gasteiger partial charge in [0.25, 0.3) is 6.43 Å². The molecule has 0 aliphatic rings. The minimum atomic E-state index is -2.76. The Morgan fingerprint density at radius 1 is 1.20 bits per heavy atom. The largest absolute Gasteiger partial charge is 0.382 e. The van der Waals surface area contributed by atoms with Crippen LogP contribution in [0.25, 0.3) is 10.9 Å². The average molecular weight is 209 g/mol. The van der Waals surface area contributed by atoms with Gasteiger partial charge in [0.1, 0.15) is 6.10 Å². The molecule has 0 saturated carbocycles. The molecule has 1 heterocycles. The molecule has 1 unspecified atom stereocenters. The SMILES string of the molecule is OC(c1ccc2ncccc2c1)C(F)F. The van der Waals surface area contributed by atoms with Gasteiger partial charge in [-0.25, -0.2) is 8.78 Å². The highest BCUT2D eigenvalue weighted by Crippen LogP contribution is 2.23. The Kier molecular flexibility index (Phi) is 2.60. The number of aliphatic hydroxyl groups excluding tert-OH is 1. The van der Waals surface area contributed by atoms with Crippen molar-refractivity contribution in [3.63, 3.8) is 0 Å². The van der Waals surface area contributed by atoms with Crippen LogP contribution in [0.2, 0.25) is 0 Å². The Hall–Kier alpha value is -1.55. The Morgan fingerprint density at radius 3 is 2.73 bits per heavy atom. The number of benzene rings is 1.